The summed E-state index contributed by atoms with van der Waals surface area (Å²) in [6.07, 6.45) is 2.04. The SMILES string of the molecule is Clc1ccc(/C=C2\OCc3ccccc32)cc1. The Morgan fingerprint density at radius 2 is 1.76 bits per heavy atom. The molecule has 84 valence electrons. The van der Waals surface area contributed by atoms with E-state index in [0.29, 0.717) is 6.61 Å². The van der Waals surface area contributed by atoms with Gasteiger partial charge in [-0.25, -0.2) is 0 Å². The monoisotopic (exact) mass is 242 g/mol. The first-order valence-electron chi connectivity index (χ1n) is 5.51. The maximum atomic E-state index is 5.86. The van der Waals surface area contributed by atoms with Crippen LogP contribution in [0.2, 0.25) is 5.02 Å². The quantitative estimate of drug-likeness (QED) is 0.722. The average Bonchev–Trinajstić information content (AvgIpc) is 2.76. The van der Waals surface area contributed by atoms with Crippen LogP contribution >= 0.6 is 11.6 Å². The summed E-state index contributed by atoms with van der Waals surface area (Å²) >= 11 is 5.86. The van der Waals surface area contributed by atoms with Crippen molar-refractivity contribution in [3.8, 4) is 0 Å². The molecule has 1 heterocycles. The lowest BCUT2D eigenvalue weighted by Crippen LogP contribution is -1.80. The molecule has 0 aliphatic carbocycles. The zero-order chi connectivity index (χ0) is 11.7. The summed E-state index contributed by atoms with van der Waals surface area (Å²) < 4.78 is 5.69. The summed E-state index contributed by atoms with van der Waals surface area (Å²) in [5.74, 6) is 0.933. The Kier molecular flexibility index (Phi) is 2.62. The normalized spacial score (nSPS) is 15.7. The number of rotatable bonds is 1. The van der Waals surface area contributed by atoms with E-state index in [1.165, 1.54) is 11.1 Å². The van der Waals surface area contributed by atoms with Crippen molar-refractivity contribution < 1.29 is 4.74 Å². The second-order valence-electron chi connectivity index (χ2n) is 4.01. The van der Waals surface area contributed by atoms with Crippen LogP contribution in [0.4, 0.5) is 0 Å². The molecule has 0 unspecified atom stereocenters. The first-order chi connectivity index (χ1) is 8.33. The van der Waals surface area contributed by atoms with Gasteiger partial charge in [-0.3, -0.25) is 0 Å². The van der Waals surface area contributed by atoms with Crippen LogP contribution in [0.25, 0.3) is 11.8 Å². The molecule has 0 fully saturated rings. The smallest absolute Gasteiger partial charge is 0.128 e. The summed E-state index contributed by atoms with van der Waals surface area (Å²) in [6, 6.07) is 16.0. The summed E-state index contributed by atoms with van der Waals surface area (Å²) in [7, 11) is 0. The van der Waals surface area contributed by atoms with Crippen molar-refractivity contribution in [3.63, 3.8) is 0 Å². The number of ether oxygens (including phenoxy) is 1. The lowest BCUT2D eigenvalue weighted by atomic mass is 10.1. The van der Waals surface area contributed by atoms with Crippen molar-refractivity contribution in [3.05, 3.63) is 70.2 Å². The van der Waals surface area contributed by atoms with Gasteiger partial charge in [0.05, 0.1) is 0 Å². The van der Waals surface area contributed by atoms with Gasteiger partial charge < -0.3 is 4.74 Å². The van der Waals surface area contributed by atoms with Crippen LogP contribution < -0.4 is 0 Å². The topological polar surface area (TPSA) is 9.23 Å². The molecule has 0 spiro atoms. The number of hydrogen-bond donors (Lipinski definition) is 0. The highest BCUT2D eigenvalue weighted by Crippen LogP contribution is 2.30. The van der Waals surface area contributed by atoms with E-state index in [2.05, 4.69) is 12.1 Å². The zero-order valence-electron chi connectivity index (χ0n) is 9.19. The minimum Gasteiger partial charge on any atom is -0.488 e. The molecule has 1 nitrogen and oxygen atoms in total. The summed E-state index contributed by atoms with van der Waals surface area (Å²) in [5, 5.41) is 0.750. The maximum Gasteiger partial charge on any atom is 0.128 e. The van der Waals surface area contributed by atoms with Crippen LogP contribution in [0.15, 0.2) is 48.5 Å². The average molecular weight is 243 g/mol. The van der Waals surface area contributed by atoms with Gasteiger partial charge in [-0.05, 0) is 23.8 Å². The zero-order valence-corrected chi connectivity index (χ0v) is 9.95. The third-order valence-corrected chi connectivity index (χ3v) is 3.09. The van der Waals surface area contributed by atoms with Crippen LogP contribution in [0.5, 0.6) is 0 Å². The van der Waals surface area contributed by atoms with Gasteiger partial charge in [0.25, 0.3) is 0 Å². The standard InChI is InChI=1S/C15H11ClO/c16-13-7-5-11(6-8-13)9-15-14-4-2-1-3-12(14)10-17-15/h1-9H,10H2/b15-9-. The Balaban J connectivity index is 1.99. The Morgan fingerprint density at radius 3 is 2.59 bits per heavy atom. The van der Waals surface area contributed by atoms with Crippen molar-refractivity contribution in [2.75, 3.05) is 0 Å². The number of benzene rings is 2. The van der Waals surface area contributed by atoms with E-state index in [-0.39, 0.29) is 0 Å². The molecular weight excluding hydrogens is 232 g/mol. The Morgan fingerprint density at radius 1 is 1.00 bits per heavy atom. The third-order valence-electron chi connectivity index (χ3n) is 2.83. The third kappa shape index (κ3) is 2.06. The highest BCUT2D eigenvalue weighted by molar-refractivity contribution is 6.30. The number of fused-ring (bicyclic) bond motifs is 1. The fraction of sp³-hybridized carbons (Fsp3) is 0.0667. The Labute approximate surface area is 105 Å². The summed E-state index contributed by atoms with van der Waals surface area (Å²) in [6.45, 7) is 0.662. The van der Waals surface area contributed by atoms with Crippen LogP contribution in [-0.2, 0) is 11.3 Å². The fourth-order valence-electron chi connectivity index (χ4n) is 1.95. The van der Waals surface area contributed by atoms with Gasteiger partial charge in [-0.1, -0.05) is 48.0 Å². The van der Waals surface area contributed by atoms with E-state index in [1.807, 2.05) is 42.5 Å². The molecule has 0 bridgehead atoms. The van der Waals surface area contributed by atoms with Crippen LogP contribution in [-0.4, -0.2) is 0 Å². The molecular formula is C15H11ClO. The molecule has 1 aliphatic rings. The highest BCUT2D eigenvalue weighted by Gasteiger charge is 2.16. The van der Waals surface area contributed by atoms with E-state index in [9.17, 15) is 0 Å². The van der Waals surface area contributed by atoms with E-state index in [0.717, 1.165) is 16.3 Å². The minimum absolute atomic E-state index is 0.662. The molecule has 2 aromatic carbocycles. The van der Waals surface area contributed by atoms with Gasteiger partial charge in [0.1, 0.15) is 12.4 Å². The first kappa shape index (κ1) is 10.4. The predicted octanol–water partition coefficient (Wildman–Crippen LogP) is 4.37. The molecule has 0 aromatic heterocycles. The molecule has 0 N–H and O–H groups in total. The van der Waals surface area contributed by atoms with Crippen molar-refractivity contribution >= 4 is 23.4 Å². The second kappa shape index (κ2) is 4.27. The highest BCUT2D eigenvalue weighted by atomic mass is 35.5. The maximum absolute atomic E-state index is 5.86. The van der Waals surface area contributed by atoms with Gasteiger partial charge >= 0.3 is 0 Å². The van der Waals surface area contributed by atoms with Crippen LogP contribution in [0.1, 0.15) is 16.7 Å². The Bertz CT molecular complexity index is 570. The van der Waals surface area contributed by atoms with E-state index < -0.39 is 0 Å². The minimum atomic E-state index is 0.662. The molecule has 2 heteroatoms. The fourth-order valence-corrected chi connectivity index (χ4v) is 2.08. The molecule has 0 saturated carbocycles. The molecule has 2 aromatic rings. The Hall–Kier alpha value is -1.73. The first-order valence-corrected chi connectivity index (χ1v) is 5.89. The molecule has 0 amide bonds. The molecule has 0 atom stereocenters. The van der Waals surface area contributed by atoms with Gasteiger partial charge in [0, 0.05) is 16.1 Å². The number of halogens is 1. The molecule has 0 saturated heterocycles. The molecule has 17 heavy (non-hydrogen) atoms. The van der Waals surface area contributed by atoms with Gasteiger partial charge in [-0.15, -0.1) is 0 Å². The van der Waals surface area contributed by atoms with E-state index >= 15 is 0 Å². The second-order valence-corrected chi connectivity index (χ2v) is 4.44. The van der Waals surface area contributed by atoms with Crippen molar-refractivity contribution in [1.82, 2.24) is 0 Å². The van der Waals surface area contributed by atoms with Crippen molar-refractivity contribution in [2.45, 2.75) is 6.61 Å². The van der Waals surface area contributed by atoms with Crippen molar-refractivity contribution in [1.29, 1.82) is 0 Å². The predicted molar refractivity (Wildman–Crippen MR) is 70.6 cm³/mol. The largest absolute Gasteiger partial charge is 0.488 e. The molecule has 0 radical (unpaired) electrons. The van der Waals surface area contributed by atoms with E-state index in [4.69, 9.17) is 16.3 Å². The van der Waals surface area contributed by atoms with Gasteiger partial charge in [0.2, 0.25) is 0 Å². The van der Waals surface area contributed by atoms with Gasteiger partial charge in [0.15, 0.2) is 0 Å². The molecule has 1 aliphatic heterocycles. The lowest BCUT2D eigenvalue weighted by Gasteiger charge is -2.00. The summed E-state index contributed by atoms with van der Waals surface area (Å²) in [5.41, 5.74) is 3.52. The number of hydrogen-bond acceptors (Lipinski definition) is 1. The van der Waals surface area contributed by atoms with Crippen molar-refractivity contribution in [2.24, 2.45) is 0 Å². The molecule has 3 rings (SSSR count). The summed E-state index contributed by atoms with van der Waals surface area (Å²) in [4.78, 5) is 0. The van der Waals surface area contributed by atoms with Crippen LogP contribution in [0, 0.1) is 0 Å². The lowest BCUT2D eigenvalue weighted by molar-refractivity contribution is 0.287. The van der Waals surface area contributed by atoms with E-state index in [1.54, 1.807) is 0 Å². The van der Waals surface area contributed by atoms with Crippen LogP contribution in [0.3, 0.4) is 0 Å². The van der Waals surface area contributed by atoms with Gasteiger partial charge in [-0.2, -0.15) is 0 Å².